The van der Waals surface area contributed by atoms with E-state index in [0.717, 1.165) is 47.8 Å². The number of benzene rings is 1. The Morgan fingerprint density at radius 2 is 1.71 bits per heavy atom. The molecule has 0 bridgehead atoms. The molecule has 1 aromatic heterocycles. The molecule has 1 fully saturated rings. The number of hydrogen-bond donors (Lipinski definition) is 5. The topological polar surface area (TPSA) is 245 Å². The van der Waals surface area contributed by atoms with E-state index in [4.69, 9.17) is 4.74 Å². The highest BCUT2D eigenvalue weighted by Crippen LogP contribution is 2.32. The minimum atomic E-state index is -1.07. The molecule has 0 spiro atoms. The van der Waals surface area contributed by atoms with E-state index in [0.29, 0.717) is 23.4 Å². The molecule has 4 rings (SSSR count). The van der Waals surface area contributed by atoms with Gasteiger partial charge >= 0.3 is 11.9 Å². The maximum Gasteiger partial charge on any atom is 0.306 e. The largest absolute Gasteiger partial charge is 0.506 e. The number of rotatable bonds is 23. The van der Waals surface area contributed by atoms with Crippen molar-refractivity contribution < 1.29 is 53.3 Å². The number of aromatic nitrogens is 1. The maximum atomic E-state index is 14.3. The van der Waals surface area contributed by atoms with E-state index in [1.807, 2.05) is 39.6 Å². The van der Waals surface area contributed by atoms with Crippen molar-refractivity contribution in [2.45, 2.75) is 130 Å². The summed E-state index contributed by atoms with van der Waals surface area (Å²) >= 11 is 1.10. The highest BCUT2D eigenvalue weighted by molar-refractivity contribution is 7.09. The molecule has 18 nitrogen and oxygen atoms in total. The fourth-order valence-corrected chi connectivity index (χ4v) is 8.93. The van der Waals surface area contributed by atoms with Crippen molar-refractivity contribution in [3.8, 4) is 5.75 Å². The molecule has 5 N–H and O–H groups in total. The lowest BCUT2D eigenvalue weighted by molar-refractivity contribution is -0.149. The summed E-state index contributed by atoms with van der Waals surface area (Å²) in [7, 11) is 3.60. The molecule has 356 valence electrons. The molecule has 19 heteroatoms. The zero-order chi connectivity index (χ0) is 48.1. The number of carboxylic acid groups (broad SMARTS) is 1. The van der Waals surface area contributed by atoms with E-state index in [9.17, 15) is 48.6 Å². The number of likely N-dealkylation sites (tertiary alicyclic amines) is 1. The van der Waals surface area contributed by atoms with Crippen molar-refractivity contribution in [2.75, 3.05) is 32.5 Å². The van der Waals surface area contributed by atoms with Gasteiger partial charge in [0.1, 0.15) is 22.5 Å². The number of phenols is 1. The predicted octanol–water partition coefficient (Wildman–Crippen LogP) is 4.44. The second-order valence-corrected chi connectivity index (χ2v) is 18.4. The molecule has 3 heterocycles. The molecule has 2 aromatic rings. The van der Waals surface area contributed by atoms with E-state index < -0.39 is 65.7 Å². The molecule has 2 aliphatic rings. The van der Waals surface area contributed by atoms with Gasteiger partial charge in [-0.05, 0) is 75.2 Å². The third-order valence-electron chi connectivity index (χ3n) is 12.2. The van der Waals surface area contributed by atoms with Crippen LogP contribution >= 0.6 is 11.3 Å². The number of thiazole rings is 1. The minimum Gasteiger partial charge on any atom is -0.506 e. The van der Waals surface area contributed by atoms with Gasteiger partial charge in [-0.15, -0.1) is 11.3 Å². The molecule has 6 amide bonds. The van der Waals surface area contributed by atoms with Gasteiger partial charge in [0.25, 0.3) is 17.7 Å². The Hall–Kier alpha value is -5.69. The lowest BCUT2D eigenvalue weighted by Gasteiger charge is -2.38. The van der Waals surface area contributed by atoms with Crippen molar-refractivity contribution in [2.24, 2.45) is 17.8 Å². The van der Waals surface area contributed by atoms with Gasteiger partial charge in [-0.25, -0.2) is 4.98 Å². The summed E-state index contributed by atoms with van der Waals surface area (Å²) in [5.41, 5.74) is 0.641. The Bertz CT molecular complexity index is 2070. The third-order valence-corrected chi connectivity index (χ3v) is 13.1. The highest BCUT2D eigenvalue weighted by Gasteiger charge is 2.37. The van der Waals surface area contributed by atoms with Gasteiger partial charge in [-0.1, -0.05) is 53.5 Å². The first-order chi connectivity index (χ1) is 30.7. The second kappa shape index (κ2) is 24.0. The number of anilines is 1. The number of piperidine rings is 1. The quantitative estimate of drug-likeness (QED) is 0.0589. The lowest BCUT2D eigenvalue weighted by atomic mass is 9.92. The summed E-state index contributed by atoms with van der Waals surface area (Å²) in [5, 5.41) is 30.7. The molecular formula is C46H65N7O11S. The Kier molecular flexibility index (Phi) is 19.2. The van der Waals surface area contributed by atoms with Crippen LogP contribution in [0.25, 0.3) is 0 Å². The summed E-state index contributed by atoms with van der Waals surface area (Å²) in [5.74, 6) is -5.48. The van der Waals surface area contributed by atoms with Crippen molar-refractivity contribution >= 4 is 64.4 Å². The van der Waals surface area contributed by atoms with Crippen LogP contribution in [0.3, 0.4) is 0 Å². The summed E-state index contributed by atoms with van der Waals surface area (Å²) in [6.07, 6.45) is 5.11. The van der Waals surface area contributed by atoms with Crippen LogP contribution in [0.2, 0.25) is 0 Å². The second-order valence-electron chi connectivity index (χ2n) is 17.5. The Morgan fingerprint density at radius 3 is 2.32 bits per heavy atom. The fourth-order valence-electron chi connectivity index (χ4n) is 8.10. The van der Waals surface area contributed by atoms with Crippen LogP contribution in [0.15, 0.2) is 35.7 Å². The Labute approximate surface area is 384 Å². The highest BCUT2D eigenvalue weighted by atomic mass is 32.1. The number of ether oxygens (including phenoxy) is 1. The molecule has 0 radical (unpaired) electrons. The van der Waals surface area contributed by atoms with Crippen LogP contribution in [0.5, 0.6) is 5.75 Å². The van der Waals surface area contributed by atoms with E-state index in [1.54, 1.807) is 18.0 Å². The number of carboxylic acids is 1. The zero-order valence-corrected chi connectivity index (χ0v) is 39.4. The van der Waals surface area contributed by atoms with Gasteiger partial charge in [0.05, 0.1) is 17.6 Å². The van der Waals surface area contributed by atoms with Crippen LogP contribution in [-0.4, -0.2) is 129 Å². The van der Waals surface area contributed by atoms with Crippen LogP contribution in [0.1, 0.15) is 120 Å². The number of imide groups is 1. The lowest BCUT2D eigenvalue weighted by Crippen LogP contribution is -2.58. The molecule has 1 saturated heterocycles. The summed E-state index contributed by atoms with van der Waals surface area (Å²) in [4.78, 5) is 112. The minimum absolute atomic E-state index is 0.000319. The molecule has 7 atom stereocenters. The van der Waals surface area contributed by atoms with Gasteiger partial charge in [0.2, 0.25) is 17.7 Å². The average Bonchev–Trinajstić information content (AvgIpc) is 3.87. The number of aromatic hydroxyl groups is 1. The van der Waals surface area contributed by atoms with E-state index in [2.05, 4.69) is 20.9 Å². The first-order valence-corrected chi connectivity index (χ1v) is 23.2. The van der Waals surface area contributed by atoms with Gasteiger partial charge in [-0.2, -0.15) is 0 Å². The third kappa shape index (κ3) is 14.7. The molecule has 1 aromatic carbocycles. The molecular weight excluding hydrogens is 859 g/mol. The summed E-state index contributed by atoms with van der Waals surface area (Å²) < 4.78 is 5.78. The fraction of sp³-hybridized carbons (Fsp3) is 0.587. The zero-order valence-electron chi connectivity index (χ0n) is 38.6. The van der Waals surface area contributed by atoms with Crippen molar-refractivity contribution in [1.29, 1.82) is 0 Å². The van der Waals surface area contributed by atoms with E-state index in [-0.39, 0.29) is 85.5 Å². The number of esters is 1. The number of hydrogen-bond acceptors (Lipinski definition) is 13. The van der Waals surface area contributed by atoms with E-state index in [1.165, 1.54) is 31.4 Å². The number of aliphatic carboxylic acids is 1. The maximum absolute atomic E-state index is 14.3. The number of likely N-dealkylation sites (N-methyl/N-ethyl adjacent to an activating group) is 2. The number of carbonyl (C=O) groups excluding carboxylic acids is 7. The van der Waals surface area contributed by atoms with Crippen LogP contribution in [0, 0.1) is 17.8 Å². The monoisotopic (exact) mass is 923 g/mol. The molecule has 2 aliphatic heterocycles. The summed E-state index contributed by atoms with van der Waals surface area (Å²) in [6, 6.07) is 2.14. The SMILES string of the molecule is CC[C@H](C)[C@@H](NC(=O)[C@H]1CCCCN1C)C(=O)N(C)[C@H](C[C@@H](OC(C)=O)c1nc(C(=O)N[C@@H](Cc2ccc(O)c(NC(=O)CCCN3C(=O)C=CC3=O)c2)CC(C)C(=O)O)cs1)C(C)C. The first-order valence-electron chi connectivity index (χ1n) is 22.3. The van der Waals surface area contributed by atoms with E-state index >= 15 is 0 Å². The van der Waals surface area contributed by atoms with Crippen LogP contribution in [0.4, 0.5) is 5.69 Å². The molecule has 0 saturated carbocycles. The van der Waals surface area contributed by atoms with Crippen LogP contribution < -0.4 is 16.0 Å². The van der Waals surface area contributed by atoms with Gasteiger partial charge in [-0.3, -0.25) is 48.2 Å². The first kappa shape index (κ1) is 51.9. The average molecular weight is 924 g/mol. The van der Waals surface area contributed by atoms with Gasteiger partial charge in [0.15, 0.2) is 6.10 Å². The number of carbonyl (C=O) groups is 8. The number of nitrogens with one attached hydrogen (secondary N) is 3. The van der Waals surface area contributed by atoms with Gasteiger partial charge < -0.3 is 35.8 Å². The standard InChI is InChI=1S/C46H65N7O11S/c1-9-27(4)41(50-43(60)34-13-10-11-19-51(34)7)45(61)52(8)35(26(2)3)24-37(64-29(6)54)44-49-33(25-65-44)42(59)47-31(21-28(5)46(62)63)22-30-15-16-36(55)32(23-30)48-38(56)14-12-20-53-39(57)17-18-40(53)58/h15-18,23,25-28,31,34-35,37,41,55H,9-14,19-22,24H2,1-8H3,(H,47,59)(H,48,56)(H,50,60)(H,62,63)/t27-,28?,31+,34+,35+,37+,41+/m0/s1. The molecule has 65 heavy (non-hydrogen) atoms. The van der Waals surface area contributed by atoms with Crippen LogP contribution in [-0.2, 0) is 44.7 Å². The Balaban J connectivity index is 1.48. The Morgan fingerprint density at radius 1 is 1.02 bits per heavy atom. The van der Waals surface area contributed by atoms with Gasteiger partial charge in [0, 0.05) is 63.0 Å². The summed E-state index contributed by atoms with van der Waals surface area (Å²) in [6.45, 7) is 11.4. The van der Waals surface area contributed by atoms with Crippen molar-refractivity contribution in [3.05, 3.63) is 52.0 Å². The predicted molar refractivity (Wildman–Crippen MR) is 242 cm³/mol. The normalized spacial score (nSPS) is 18.0. The number of phenolic OH excluding ortho intramolecular Hbond substituents is 1. The number of nitrogens with zero attached hydrogens (tertiary/aromatic N) is 4. The van der Waals surface area contributed by atoms with Crippen molar-refractivity contribution in [3.63, 3.8) is 0 Å². The molecule has 0 aliphatic carbocycles. The smallest absolute Gasteiger partial charge is 0.306 e. The van der Waals surface area contributed by atoms with Crippen molar-refractivity contribution in [1.82, 2.24) is 30.3 Å². The number of amides is 6. The molecule has 1 unspecified atom stereocenters.